The Bertz CT molecular complexity index is 893. The van der Waals surface area contributed by atoms with Crippen molar-refractivity contribution in [3.8, 4) is 11.5 Å². The van der Waals surface area contributed by atoms with Crippen LogP contribution in [0.25, 0.3) is 10.8 Å². The van der Waals surface area contributed by atoms with Gasteiger partial charge < -0.3 is 9.47 Å². The Morgan fingerprint density at radius 1 is 1.13 bits per heavy atom. The fourth-order valence-corrected chi connectivity index (χ4v) is 3.28. The Balaban J connectivity index is 1.53. The highest BCUT2D eigenvalue weighted by Crippen LogP contribution is 2.33. The van der Waals surface area contributed by atoms with Gasteiger partial charge in [0.05, 0.1) is 11.9 Å². The maximum atomic E-state index is 12.4. The van der Waals surface area contributed by atoms with E-state index in [-0.39, 0.29) is 12.6 Å². The van der Waals surface area contributed by atoms with Crippen molar-refractivity contribution in [2.45, 2.75) is 5.03 Å². The molecule has 0 saturated heterocycles. The number of hydrogen-bond acceptors (Lipinski definition) is 6. The van der Waals surface area contributed by atoms with E-state index in [9.17, 15) is 4.79 Å². The van der Waals surface area contributed by atoms with Gasteiger partial charge >= 0.3 is 0 Å². The number of thioether (sulfide) groups is 1. The number of ketones is 1. The summed E-state index contributed by atoms with van der Waals surface area (Å²) in [6.07, 6.45) is 1.72. The van der Waals surface area contributed by atoms with Crippen LogP contribution < -0.4 is 9.47 Å². The molecule has 0 amide bonds. The molecule has 6 heteroatoms. The van der Waals surface area contributed by atoms with Gasteiger partial charge in [0.1, 0.15) is 5.03 Å². The van der Waals surface area contributed by atoms with Crippen molar-refractivity contribution in [2.75, 3.05) is 12.5 Å². The summed E-state index contributed by atoms with van der Waals surface area (Å²) in [6.45, 7) is 0.202. The second kappa shape index (κ2) is 5.89. The first-order valence-corrected chi connectivity index (χ1v) is 8.06. The first-order chi connectivity index (χ1) is 11.3. The average molecular weight is 324 g/mol. The molecule has 0 unspecified atom stereocenters. The van der Waals surface area contributed by atoms with Gasteiger partial charge in [-0.2, -0.15) is 5.10 Å². The van der Waals surface area contributed by atoms with E-state index in [1.165, 1.54) is 11.8 Å². The van der Waals surface area contributed by atoms with Crippen LogP contribution >= 0.6 is 11.8 Å². The molecule has 0 aliphatic carbocycles. The molecule has 23 heavy (non-hydrogen) atoms. The minimum atomic E-state index is 0.0167. The summed E-state index contributed by atoms with van der Waals surface area (Å²) in [5.74, 6) is 1.60. The molecule has 114 valence electrons. The van der Waals surface area contributed by atoms with Crippen LogP contribution in [0, 0.1) is 0 Å². The van der Waals surface area contributed by atoms with Crippen LogP contribution in [0.3, 0.4) is 0 Å². The maximum absolute atomic E-state index is 12.4. The molecule has 2 heterocycles. The van der Waals surface area contributed by atoms with E-state index in [4.69, 9.17) is 9.47 Å². The lowest BCUT2D eigenvalue weighted by molar-refractivity contribution is 0.102. The van der Waals surface area contributed by atoms with Crippen LogP contribution in [0.1, 0.15) is 10.4 Å². The van der Waals surface area contributed by atoms with E-state index in [1.54, 1.807) is 24.4 Å². The summed E-state index contributed by atoms with van der Waals surface area (Å²) in [7, 11) is 0. The smallest absolute Gasteiger partial charge is 0.231 e. The van der Waals surface area contributed by atoms with E-state index < -0.39 is 0 Å². The van der Waals surface area contributed by atoms with Crippen molar-refractivity contribution >= 4 is 28.3 Å². The van der Waals surface area contributed by atoms with Gasteiger partial charge in [0.15, 0.2) is 17.3 Å². The third-order valence-corrected chi connectivity index (χ3v) is 4.55. The number of nitrogens with zero attached hydrogens (tertiary/aromatic N) is 2. The molecule has 0 atom stereocenters. The van der Waals surface area contributed by atoms with E-state index in [0.717, 1.165) is 15.8 Å². The highest BCUT2D eigenvalue weighted by atomic mass is 32.2. The van der Waals surface area contributed by atoms with Crippen molar-refractivity contribution in [2.24, 2.45) is 0 Å². The lowest BCUT2D eigenvalue weighted by atomic mass is 10.1. The Kier molecular flexibility index (Phi) is 3.59. The molecule has 5 nitrogen and oxygen atoms in total. The maximum Gasteiger partial charge on any atom is 0.231 e. The fourth-order valence-electron chi connectivity index (χ4n) is 2.40. The number of ether oxygens (including phenoxy) is 2. The minimum Gasteiger partial charge on any atom is -0.454 e. The molecule has 0 spiro atoms. The summed E-state index contributed by atoms with van der Waals surface area (Å²) in [5.41, 5.74) is 0.606. The van der Waals surface area contributed by atoms with E-state index in [2.05, 4.69) is 10.2 Å². The van der Waals surface area contributed by atoms with Gasteiger partial charge in [-0.3, -0.25) is 4.79 Å². The normalized spacial score (nSPS) is 12.5. The number of Topliss-reactive ketones (excluding diaryl/α,β-unsaturated/α-hetero) is 1. The molecular weight excluding hydrogens is 312 g/mol. The Labute approximate surface area is 136 Å². The molecule has 4 rings (SSSR count). The van der Waals surface area contributed by atoms with Crippen LogP contribution in [0.15, 0.2) is 53.7 Å². The van der Waals surface area contributed by atoms with Gasteiger partial charge in [0.25, 0.3) is 0 Å². The van der Waals surface area contributed by atoms with Crippen molar-refractivity contribution < 1.29 is 14.3 Å². The number of rotatable bonds is 4. The molecule has 0 bridgehead atoms. The number of fused-ring (bicyclic) bond motifs is 2. The van der Waals surface area contributed by atoms with E-state index in [0.29, 0.717) is 22.8 Å². The zero-order valence-corrected chi connectivity index (χ0v) is 12.9. The average Bonchev–Trinajstić information content (AvgIpc) is 3.07. The standard InChI is InChI=1S/C17H12N2O3S/c20-14(11-5-6-15-16(7-11)22-10-21-15)9-23-17-13-4-2-1-3-12(13)8-18-19-17/h1-8H,9-10H2. The highest BCUT2D eigenvalue weighted by molar-refractivity contribution is 8.00. The second-order valence-corrected chi connectivity index (χ2v) is 5.98. The number of benzene rings is 2. The lowest BCUT2D eigenvalue weighted by Crippen LogP contribution is -2.03. The predicted octanol–water partition coefficient (Wildman–Crippen LogP) is 3.33. The zero-order chi connectivity index (χ0) is 15.6. The molecular formula is C17H12N2O3S. The van der Waals surface area contributed by atoms with Crippen molar-refractivity contribution in [3.05, 3.63) is 54.2 Å². The summed E-state index contributed by atoms with van der Waals surface area (Å²) < 4.78 is 10.6. The fraction of sp³-hybridized carbons (Fsp3) is 0.118. The summed E-state index contributed by atoms with van der Waals surface area (Å²) in [6, 6.07) is 13.1. The monoisotopic (exact) mass is 324 g/mol. The van der Waals surface area contributed by atoms with Crippen molar-refractivity contribution in [1.29, 1.82) is 0 Å². The van der Waals surface area contributed by atoms with E-state index in [1.807, 2.05) is 24.3 Å². The Morgan fingerprint density at radius 3 is 2.96 bits per heavy atom. The largest absolute Gasteiger partial charge is 0.454 e. The van der Waals surface area contributed by atoms with Crippen LogP contribution in [0.5, 0.6) is 11.5 Å². The molecule has 2 aromatic carbocycles. The number of carbonyl (C=O) groups excluding carboxylic acids is 1. The number of hydrogen-bond donors (Lipinski definition) is 0. The molecule has 1 aromatic heterocycles. The van der Waals surface area contributed by atoms with Gasteiger partial charge in [0, 0.05) is 16.3 Å². The SMILES string of the molecule is O=C(CSc1nncc2ccccc12)c1ccc2c(c1)OCO2. The minimum absolute atomic E-state index is 0.0167. The third kappa shape index (κ3) is 2.73. The predicted molar refractivity (Wildman–Crippen MR) is 87.2 cm³/mol. The van der Waals surface area contributed by atoms with Crippen molar-refractivity contribution in [3.63, 3.8) is 0 Å². The highest BCUT2D eigenvalue weighted by Gasteiger charge is 2.16. The molecule has 0 N–H and O–H groups in total. The van der Waals surface area contributed by atoms with Gasteiger partial charge in [-0.25, -0.2) is 0 Å². The van der Waals surface area contributed by atoms with Crippen LogP contribution in [0.4, 0.5) is 0 Å². The van der Waals surface area contributed by atoms with Gasteiger partial charge in [-0.05, 0) is 18.2 Å². The van der Waals surface area contributed by atoms with Gasteiger partial charge in [0.2, 0.25) is 6.79 Å². The van der Waals surface area contributed by atoms with Gasteiger partial charge in [-0.1, -0.05) is 36.0 Å². The van der Waals surface area contributed by atoms with Crippen molar-refractivity contribution in [1.82, 2.24) is 10.2 Å². The van der Waals surface area contributed by atoms with Gasteiger partial charge in [-0.15, -0.1) is 5.10 Å². The van der Waals surface area contributed by atoms with Crippen LogP contribution in [-0.2, 0) is 0 Å². The topological polar surface area (TPSA) is 61.3 Å². The molecule has 1 aliphatic rings. The Morgan fingerprint density at radius 2 is 2.00 bits per heavy atom. The lowest BCUT2D eigenvalue weighted by Gasteiger charge is -2.05. The third-order valence-electron chi connectivity index (χ3n) is 3.57. The quantitative estimate of drug-likeness (QED) is 0.542. The van der Waals surface area contributed by atoms with Crippen LogP contribution in [0.2, 0.25) is 0 Å². The Hall–Kier alpha value is -2.60. The van der Waals surface area contributed by atoms with E-state index >= 15 is 0 Å². The summed E-state index contributed by atoms with van der Waals surface area (Å²) >= 11 is 1.39. The summed E-state index contributed by atoms with van der Waals surface area (Å²) in [5, 5.41) is 10.9. The zero-order valence-electron chi connectivity index (χ0n) is 12.1. The summed E-state index contributed by atoms with van der Waals surface area (Å²) in [4.78, 5) is 12.4. The molecule has 0 saturated carbocycles. The second-order valence-electron chi connectivity index (χ2n) is 5.02. The molecule has 0 fully saturated rings. The number of aromatic nitrogens is 2. The first kappa shape index (κ1) is 14.0. The molecule has 1 aliphatic heterocycles. The molecule has 3 aromatic rings. The first-order valence-electron chi connectivity index (χ1n) is 7.07. The van der Waals surface area contributed by atoms with Crippen LogP contribution in [-0.4, -0.2) is 28.5 Å². The molecule has 0 radical (unpaired) electrons. The number of carbonyl (C=O) groups is 1.